The second kappa shape index (κ2) is 12.0. The van der Waals surface area contributed by atoms with Crippen LogP contribution in [0.2, 0.25) is 0 Å². The molecule has 3 aromatic rings. The molecule has 5 rings (SSSR count). The average molecular weight is 518 g/mol. The summed E-state index contributed by atoms with van der Waals surface area (Å²) >= 11 is 0. The van der Waals surface area contributed by atoms with Gasteiger partial charge < -0.3 is 14.6 Å². The molecule has 2 fully saturated rings. The second-order valence-corrected chi connectivity index (χ2v) is 10.6. The van der Waals surface area contributed by atoms with E-state index in [1.807, 2.05) is 36.4 Å². The zero-order chi connectivity index (χ0) is 26.5. The van der Waals surface area contributed by atoms with Crippen LogP contribution in [0.1, 0.15) is 61.1 Å². The van der Waals surface area contributed by atoms with Gasteiger partial charge in [-0.3, -0.25) is 9.69 Å². The Morgan fingerprint density at radius 1 is 1.00 bits per heavy atom. The summed E-state index contributed by atoms with van der Waals surface area (Å²) in [5.74, 6) is 0.816. The molecular formula is C32H36FNO4. The third kappa shape index (κ3) is 6.54. The highest BCUT2D eigenvalue weighted by Gasteiger charge is 2.33. The molecule has 1 aliphatic heterocycles. The number of benzene rings is 3. The molecule has 0 radical (unpaired) electrons. The topological polar surface area (TPSA) is 59.0 Å². The van der Waals surface area contributed by atoms with Crippen LogP contribution in [-0.4, -0.2) is 36.2 Å². The number of halogens is 1. The molecule has 5 nitrogen and oxygen atoms in total. The number of carbonyl (C=O) groups is 1. The van der Waals surface area contributed by atoms with E-state index in [-0.39, 0.29) is 18.2 Å². The maximum absolute atomic E-state index is 14.9. The highest BCUT2D eigenvalue weighted by atomic mass is 19.1. The van der Waals surface area contributed by atoms with Gasteiger partial charge in [-0.2, -0.15) is 0 Å². The number of ether oxygens (including phenoxy) is 2. The van der Waals surface area contributed by atoms with Crippen LogP contribution in [0.15, 0.2) is 60.7 Å². The van der Waals surface area contributed by atoms with Crippen LogP contribution in [0.3, 0.4) is 0 Å². The van der Waals surface area contributed by atoms with Gasteiger partial charge in [-0.05, 0) is 103 Å². The minimum atomic E-state index is -0.762. The second-order valence-electron chi connectivity index (χ2n) is 10.6. The number of hydrogen-bond acceptors (Lipinski definition) is 4. The summed E-state index contributed by atoms with van der Waals surface area (Å²) in [7, 11) is 1.59. The predicted molar refractivity (Wildman–Crippen MR) is 146 cm³/mol. The summed E-state index contributed by atoms with van der Waals surface area (Å²) < 4.78 is 26.5. The lowest BCUT2D eigenvalue weighted by Crippen LogP contribution is -2.29. The molecule has 200 valence electrons. The Balaban J connectivity index is 1.37. The smallest absolute Gasteiger partial charge is 0.303 e. The molecule has 1 saturated carbocycles. The zero-order valence-electron chi connectivity index (χ0n) is 22.0. The normalized spacial score (nSPS) is 16.7. The monoisotopic (exact) mass is 517 g/mol. The fraction of sp³-hybridized carbons (Fsp3) is 0.406. The molecule has 0 bridgehead atoms. The van der Waals surface area contributed by atoms with Gasteiger partial charge >= 0.3 is 5.97 Å². The van der Waals surface area contributed by atoms with Gasteiger partial charge in [0.05, 0.1) is 13.5 Å². The Kier molecular flexibility index (Phi) is 8.28. The highest BCUT2D eigenvalue weighted by Crippen LogP contribution is 2.45. The van der Waals surface area contributed by atoms with Gasteiger partial charge in [0.1, 0.15) is 23.9 Å². The summed E-state index contributed by atoms with van der Waals surface area (Å²) in [6, 6.07) is 18.8. The maximum Gasteiger partial charge on any atom is 0.303 e. The Bertz CT molecular complexity index is 1270. The number of methoxy groups -OCH3 is 1. The minimum Gasteiger partial charge on any atom is -0.497 e. The fourth-order valence-electron chi connectivity index (χ4n) is 5.57. The van der Waals surface area contributed by atoms with Gasteiger partial charge in [0.2, 0.25) is 0 Å². The van der Waals surface area contributed by atoms with Crippen molar-refractivity contribution >= 4 is 5.97 Å². The van der Waals surface area contributed by atoms with Gasteiger partial charge in [-0.25, -0.2) is 4.39 Å². The van der Waals surface area contributed by atoms with Crippen molar-refractivity contribution in [3.05, 3.63) is 83.2 Å². The van der Waals surface area contributed by atoms with Crippen LogP contribution in [0.25, 0.3) is 11.1 Å². The Morgan fingerprint density at radius 2 is 1.82 bits per heavy atom. The van der Waals surface area contributed by atoms with Crippen LogP contribution in [0.4, 0.5) is 4.39 Å². The zero-order valence-corrected chi connectivity index (χ0v) is 22.0. The van der Waals surface area contributed by atoms with Crippen molar-refractivity contribution in [1.29, 1.82) is 0 Å². The number of nitrogens with zero attached hydrogens (tertiary/aromatic N) is 1. The molecule has 6 heteroatoms. The number of hydrogen-bond donors (Lipinski definition) is 1. The molecule has 38 heavy (non-hydrogen) atoms. The van der Waals surface area contributed by atoms with Crippen LogP contribution in [0.5, 0.6) is 11.5 Å². The van der Waals surface area contributed by atoms with Crippen molar-refractivity contribution in [2.24, 2.45) is 5.92 Å². The number of carboxylic acid groups (broad SMARTS) is 1. The predicted octanol–water partition coefficient (Wildman–Crippen LogP) is 7.03. The molecule has 1 saturated heterocycles. The van der Waals surface area contributed by atoms with E-state index in [1.54, 1.807) is 19.2 Å². The highest BCUT2D eigenvalue weighted by molar-refractivity contribution is 5.70. The van der Waals surface area contributed by atoms with Gasteiger partial charge in [0.15, 0.2) is 0 Å². The first-order valence-corrected chi connectivity index (χ1v) is 13.6. The van der Waals surface area contributed by atoms with Crippen molar-refractivity contribution < 1.29 is 23.8 Å². The van der Waals surface area contributed by atoms with E-state index in [1.165, 1.54) is 25.3 Å². The first-order chi connectivity index (χ1) is 18.5. The van der Waals surface area contributed by atoms with Gasteiger partial charge in [0.25, 0.3) is 0 Å². The quantitative estimate of drug-likeness (QED) is 0.296. The molecule has 0 spiro atoms. The Morgan fingerprint density at radius 3 is 2.55 bits per heavy atom. The van der Waals surface area contributed by atoms with Crippen LogP contribution in [0, 0.1) is 11.7 Å². The number of aliphatic carboxylic acids is 1. The summed E-state index contributed by atoms with van der Waals surface area (Å²) in [5, 5.41) is 9.37. The first-order valence-electron chi connectivity index (χ1n) is 13.6. The lowest BCUT2D eigenvalue weighted by Gasteiger charge is -2.27. The number of piperidine rings is 1. The molecule has 1 heterocycles. The molecule has 1 N–H and O–H groups in total. The molecule has 1 aliphatic carbocycles. The fourth-order valence-corrected chi connectivity index (χ4v) is 5.57. The van der Waals surface area contributed by atoms with E-state index in [0.29, 0.717) is 23.8 Å². The lowest BCUT2D eigenvalue weighted by atomic mass is 9.91. The van der Waals surface area contributed by atoms with Crippen molar-refractivity contribution in [3.8, 4) is 22.6 Å². The van der Waals surface area contributed by atoms with E-state index in [2.05, 4.69) is 11.0 Å². The Labute approximate surface area is 224 Å². The SMILES string of the molecule is COc1ccc(F)c(-c2ccc(COc3cccc([C@@H](CC(=O)O)C4CC4)c3)cc2CN2CCCCC2)c1. The molecule has 1 atom stereocenters. The number of rotatable bonds is 11. The van der Waals surface area contributed by atoms with Crippen molar-refractivity contribution in [3.63, 3.8) is 0 Å². The minimum absolute atomic E-state index is 0.0317. The van der Waals surface area contributed by atoms with Crippen LogP contribution in [-0.2, 0) is 17.9 Å². The molecule has 0 amide bonds. The lowest BCUT2D eigenvalue weighted by molar-refractivity contribution is -0.137. The van der Waals surface area contributed by atoms with E-state index in [4.69, 9.17) is 9.47 Å². The number of carboxylic acids is 1. The molecule has 0 unspecified atom stereocenters. The van der Waals surface area contributed by atoms with Crippen LogP contribution < -0.4 is 9.47 Å². The van der Waals surface area contributed by atoms with Crippen molar-refractivity contribution in [1.82, 2.24) is 4.90 Å². The van der Waals surface area contributed by atoms with E-state index in [9.17, 15) is 14.3 Å². The van der Waals surface area contributed by atoms with Gasteiger partial charge in [0, 0.05) is 12.1 Å². The molecule has 0 aromatic heterocycles. The third-order valence-corrected chi connectivity index (χ3v) is 7.75. The van der Waals surface area contributed by atoms with E-state index < -0.39 is 5.97 Å². The van der Waals surface area contributed by atoms with Gasteiger partial charge in [-0.15, -0.1) is 0 Å². The van der Waals surface area contributed by atoms with Crippen molar-refractivity contribution in [2.45, 2.75) is 57.6 Å². The summed E-state index contributed by atoms with van der Waals surface area (Å²) in [6.45, 7) is 3.23. The van der Waals surface area contributed by atoms with Crippen molar-refractivity contribution in [2.75, 3.05) is 20.2 Å². The first kappa shape index (κ1) is 26.2. The maximum atomic E-state index is 14.9. The summed E-state index contributed by atoms with van der Waals surface area (Å²) in [4.78, 5) is 13.8. The van der Waals surface area contributed by atoms with Crippen LogP contribution >= 0.6 is 0 Å². The summed E-state index contributed by atoms with van der Waals surface area (Å²) in [5.41, 5.74) is 4.53. The molecular weight excluding hydrogens is 481 g/mol. The molecule has 3 aromatic carbocycles. The average Bonchev–Trinajstić information content (AvgIpc) is 3.77. The van der Waals surface area contributed by atoms with E-state index >= 15 is 0 Å². The van der Waals surface area contributed by atoms with E-state index in [0.717, 1.165) is 60.5 Å². The Hall–Kier alpha value is -3.38. The largest absolute Gasteiger partial charge is 0.497 e. The summed E-state index contributed by atoms with van der Waals surface area (Å²) in [6.07, 6.45) is 5.95. The van der Waals surface area contributed by atoms with Gasteiger partial charge in [-0.1, -0.05) is 36.8 Å². The molecule has 2 aliphatic rings. The standard InChI is InChI=1S/C32H36FNO4/c1-37-26-11-13-31(33)30(18-26)28-12-8-22(16-25(28)20-34-14-3-2-4-15-34)21-38-27-7-5-6-24(17-27)29(19-32(35)36)23-9-10-23/h5-8,11-13,16-18,23,29H,2-4,9-10,14-15,19-21H2,1H3,(H,35,36)/t29-/m0/s1. The number of likely N-dealkylation sites (tertiary alicyclic amines) is 1. The third-order valence-electron chi connectivity index (χ3n) is 7.75.